The molecular formula is C17H29IN6O. The van der Waals surface area contributed by atoms with Crippen molar-refractivity contribution < 1.29 is 4.79 Å². The van der Waals surface area contributed by atoms with Gasteiger partial charge in [-0.3, -0.25) is 9.48 Å². The molecule has 25 heavy (non-hydrogen) atoms. The maximum atomic E-state index is 12.2. The summed E-state index contributed by atoms with van der Waals surface area (Å²) in [6, 6.07) is 0. The van der Waals surface area contributed by atoms with E-state index in [0.29, 0.717) is 5.92 Å². The normalized spacial score (nSPS) is 20.7. The van der Waals surface area contributed by atoms with Crippen LogP contribution in [-0.4, -0.2) is 70.7 Å². The van der Waals surface area contributed by atoms with Crippen molar-refractivity contribution in [3.05, 3.63) is 18.0 Å². The molecule has 3 heterocycles. The van der Waals surface area contributed by atoms with Crippen LogP contribution in [0.25, 0.3) is 0 Å². The van der Waals surface area contributed by atoms with Crippen molar-refractivity contribution in [1.29, 1.82) is 0 Å². The van der Waals surface area contributed by atoms with Crippen molar-refractivity contribution in [3.8, 4) is 0 Å². The molecule has 0 aliphatic carbocycles. The Morgan fingerprint density at radius 1 is 1.32 bits per heavy atom. The van der Waals surface area contributed by atoms with Crippen molar-refractivity contribution in [2.45, 2.75) is 32.1 Å². The molecule has 140 valence electrons. The van der Waals surface area contributed by atoms with Gasteiger partial charge in [-0.15, -0.1) is 24.0 Å². The van der Waals surface area contributed by atoms with Crippen molar-refractivity contribution in [3.63, 3.8) is 0 Å². The first kappa shape index (κ1) is 20.0. The zero-order valence-corrected chi connectivity index (χ0v) is 17.5. The first-order chi connectivity index (χ1) is 11.7. The number of amides is 1. The number of hydrogen-bond acceptors (Lipinski definition) is 3. The van der Waals surface area contributed by atoms with Gasteiger partial charge in [0.15, 0.2) is 5.96 Å². The summed E-state index contributed by atoms with van der Waals surface area (Å²) in [4.78, 5) is 21.0. The minimum Gasteiger partial charge on any atom is -0.357 e. The van der Waals surface area contributed by atoms with Gasteiger partial charge in [-0.1, -0.05) is 0 Å². The maximum absolute atomic E-state index is 12.2. The quantitative estimate of drug-likeness (QED) is 0.420. The van der Waals surface area contributed by atoms with Gasteiger partial charge < -0.3 is 15.1 Å². The molecule has 8 heteroatoms. The fourth-order valence-corrected chi connectivity index (χ4v) is 3.51. The van der Waals surface area contributed by atoms with Crippen molar-refractivity contribution in [1.82, 2.24) is 24.9 Å². The van der Waals surface area contributed by atoms with Crippen LogP contribution in [0.15, 0.2) is 17.4 Å². The van der Waals surface area contributed by atoms with Gasteiger partial charge >= 0.3 is 0 Å². The highest BCUT2D eigenvalue weighted by Gasteiger charge is 2.27. The summed E-state index contributed by atoms with van der Waals surface area (Å²) in [5, 5.41) is 7.61. The van der Waals surface area contributed by atoms with Gasteiger partial charge in [-0.2, -0.15) is 5.10 Å². The first-order valence-electron chi connectivity index (χ1n) is 8.97. The molecule has 2 saturated heterocycles. The van der Waals surface area contributed by atoms with Gasteiger partial charge in [0.2, 0.25) is 5.91 Å². The molecule has 1 amide bonds. The molecule has 0 saturated carbocycles. The molecule has 0 aromatic carbocycles. The third kappa shape index (κ3) is 5.08. The Balaban J connectivity index is 0.00000225. The average Bonchev–Trinajstić information content (AvgIpc) is 3.30. The van der Waals surface area contributed by atoms with Crippen LogP contribution in [-0.2, 0) is 11.8 Å². The van der Waals surface area contributed by atoms with E-state index in [0.717, 1.165) is 57.9 Å². The van der Waals surface area contributed by atoms with Crippen molar-refractivity contribution in [2.24, 2.45) is 12.0 Å². The smallest absolute Gasteiger partial charge is 0.244 e. The lowest BCUT2D eigenvalue weighted by Crippen LogP contribution is -2.41. The Morgan fingerprint density at radius 2 is 2.08 bits per heavy atom. The maximum Gasteiger partial charge on any atom is 0.244 e. The highest BCUT2D eigenvalue weighted by atomic mass is 127. The molecule has 7 nitrogen and oxygen atoms in total. The van der Waals surface area contributed by atoms with Crippen LogP contribution in [0.2, 0.25) is 0 Å². The second-order valence-corrected chi connectivity index (χ2v) is 6.64. The van der Waals surface area contributed by atoms with Crippen LogP contribution in [0.5, 0.6) is 0 Å². The van der Waals surface area contributed by atoms with Crippen LogP contribution in [0.1, 0.15) is 37.7 Å². The highest BCUT2D eigenvalue weighted by Crippen LogP contribution is 2.26. The van der Waals surface area contributed by atoms with E-state index in [1.54, 1.807) is 0 Å². The lowest BCUT2D eigenvalue weighted by atomic mass is 10.0. The van der Waals surface area contributed by atoms with E-state index >= 15 is 0 Å². The van der Waals surface area contributed by atoms with Crippen LogP contribution in [0.3, 0.4) is 0 Å². The molecule has 0 radical (unpaired) electrons. The number of nitrogens with one attached hydrogen (secondary N) is 1. The molecule has 2 aliphatic rings. The Morgan fingerprint density at radius 3 is 2.72 bits per heavy atom. The van der Waals surface area contributed by atoms with E-state index in [1.165, 1.54) is 5.56 Å². The van der Waals surface area contributed by atoms with Crippen LogP contribution in [0.4, 0.5) is 0 Å². The number of nitrogens with zero attached hydrogens (tertiary/aromatic N) is 5. The molecule has 1 aromatic heterocycles. The Labute approximate surface area is 166 Å². The highest BCUT2D eigenvalue weighted by molar-refractivity contribution is 14.0. The largest absolute Gasteiger partial charge is 0.357 e. The fraction of sp³-hybridized carbons (Fsp3) is 0.706. The van der Waals surface area contributed by atoms with Gasteiger partial charge in [0.05, 0.1) is 6.20 Å². The number of aromatic nitrogens is 2. The number of halogens is 1. The Kier molecular flexibility index (Phi) is 7.52. The predicted molar refractivity (Wildman–Crippen MR) is 109 cm³/mol. The number of likely N-dealkylation sites (tertiary alicyclic amines) is 2. The summed E-state index contributed by atoms with van der Waals surface area (Å²) < 4.78 is 1.85. The molecule has 1 N–H and O–H groups in total. The molecular weight excluding hydrogens is 431 g/mol. The summed E-state index contributed by atoms with van der Waals surface area (Å²) in [6.45, 7) is 6.78. The SMILES string of the molecule is CCNC(=NCC(=O)N1CCCC1)N1CCC(c2cnn(C)c2)C1.I. The monoisotopic (exact) mass is 460 g/mol. The number of aliphatic imine (C=N–C) groups is 1. The number of carbonyl (C=O) groups is 1. The Hall–Kier alpha value is -1.32. The number of guanidine groups is 1. The summed E-state index contributed by atoms with van der Waals surface area (Å²) in [5.74, 6) is 1.49. The summed E-state index contributed by atoms with van der Waals surface area (Å²) in [5.41, 5.74) is 1.28. The second kappa shape index (κ2) is 9.40. The van der Waals surface area contributed by atoms with E-state index < -0.39 is 0 Å². The van der Waals surface area contributed by atoms with Gasteiger partial charge in [0, 0.05) is 51.9 Å². The molecule has 1 atom stereocenters. The van der Waals surface area contributed by atoms with E-state index in [-0.39, 0.29) is 36.4 Å². The second-order valence-electron chi connectivity index (χ2n) is 6.64. The minimum absolute atomic E-state index is 0. The molecule has 0 bridgehead atoms. The Bertz CT molecular complexity index is 596. The van der Waals surface area contributed by atoms with Gasteiger partial charge in [-0.05, 0) is 31.7 Å². The number of rotatable bonds is 4. The van der Waals surface area contributed by atoms with Crippen LogP contribution < -0.4 is 5.32 Å². The number of aryl methyl sites for hydroxylation is 1. The van der Waals surface area contributed by atoms with Crippen molar-refractivity contribution >= 4 is 35.8 Å². The molecule has 1 unspecified atom stereocenters. The van der Waals surface area contributed by atoms with E-state index in [9.17, 15) is 4.79 Å². The molecule has 2 aliphatic heterocycles. The first-order valence-corrected chi connectivity index (χ1v) is 8.97. The van der Waals surface area contributed by atoms with Crippen LogP contribution in [0, 0.1) is 0 Å². The number of carbonyl (C=O) groups excluding carboxylic acids is 1. The zero-order chi connectivity index (χ0) is 16.9. The topological polar surface area (TPSA) is 65.8 Å². The molecule has 3 rings (SSSR count). The van der Waals surface area contributed by atoms with Crippen molar-refractivity contribution in [2.75, 3.05) is 39.3 Å². The summed E-state index contributed by atoms with van der Waals surface area (Å²) >= 11 is 0. The molecule has 1 aromatic rings. The lowest BCUT2D eigenvalue weighted by molar-refractivity contribution is -0.128. The van der Waals surface area contributed by atoms with Gasteiger partial charge in [0.1, 0.15) is 6.54 Å². The third-order valence-corrected chi connectivity index (χ3v) is 4.84. The summed E-state index contributed by atoms with van der Waals surface area (Å²) in [6.07, 6.45) is 7.38. The van der Waals surface area contributed by atoms with Gasteiger partial charge in [0.25, 0.3) is 0 Å². The number of hydrogen-bond donors (Lipinski definition) is 1. The third-order valence-electron chi connectivity index (χ3n) is 4.84. The zero-order valence-electron chi connectivity index (χ0n) is 15.1. The fourth-order valence-electron chi connectivity index (χ4n) is 3.51. The average molecular weight is 460 g/mol. The van der Waals surface area contributed by atoms with E-state index in [2.05, 4.69) is 33.4 Å². The van der Waals surface area contributed by atoms with Gasteiger partial charge in [-0.25, -0.2) is 4.99 Å². The van der Waals surface area contributed by atoms with Crippen LogP contribution >= 0.6 is 24.0 Å². The standard InChI is InChI=1S/C17H28N6O.HI/c1-3-18-17(19-11-16(24)22-7-4-5-8-22)23-9-6-14(13-23)15-10-20-21(2)12-15;/h10,12,14H,3-9,11,13H2,1-2H3,(H,18,19);1H. The van der Waals surface area contributed by atoms with E-state index in [1.807, 2.05) is 22.8 Å². The lowest BCUT2D eigenvalue weighted by Gasteiger charge is -2.22. The summed E-state index contributed by atoms with van der Waals surface area (Å²) in [7, 11) is 1.95. The molecule has 2 fully saturated rings. The molecule has 0 spiro atoms. The predicted octanol–water partition coefficient (Wildman–Crippen LogP) is 1.42. The minimum atomic E-state index is 0. The van der Waals surface area contributed by atoms with E-state index in [4.69, 9.17) is 0 Å².